The maximum atomic E-state index is 15.0. The lowest BCUT2D eigenvalue weighted by atomic mass is 9.76. The van der Waals surface area contributed by atoms with Crippen LogP contribution in [-0.2, 0) is 11.2 Å². The summed E-state index contributed by atoms with van der Waals surface area (Å²) in [6.07, 6.45) is 8.42. The van der Waals surface area contributed by atoms with Crippen LogP contribution in [0.5, 0.6) is 0 Å². The molecule has 0 amide bonds. The van der Waals surface area contributed by atoms with Gasteiger partial charge in [-0.2, -0.15) is 0 Å². The van der Waals surface area contributed by atoms with Gasteiger partial charge >= 0.3 is 0 Å². The van der Waals surface area contributed by atoms with Crippen LogP contribution in [0.3, 0.4) is 0 Å². The highest BCUT2D eigenvalue weighted by molar-refractivity contribution is 5.31. The van der Waals surface area contributed by atoms with Gasteiger partial charge in [-0.3, -0.25) is 0 Å². The average Bonchev–Trinajstić information content (AvgIpc) is 3.71. The summed E-state index contributed by atoms with van der Waals surface area (Å²) in [5.74, 6) is -0.342. The quantitative estimate of drug-likeness (QED) is 0.406. The van der Waals surface area contributed by atoms with E-state index in [4.69, 9.17) is 4.74 Å². The molecule has 5 rings (SSSR count). The average molecular weight is 487 g/mol. The van der Waals surface area contributed by atoms with Gasteiger partial charge in [0, 0.05) is 5.56 Å². The summed E-state index contributed by atoms with van der Waals surface area (Å²) in [4.78, 5) is 0. The smallest absolute Gasteiger partial charge is 0.162 e. The van der Waals surface area contributed by atoms with Crippen LogP contribution in [0.15, 0.2) is 30.3 Å². The fourth-order valence-corrected chi connectivity index (χ4v) is 6.46. The highest BCUT2D eigenvalue weighted by Crippen LogP contribution is 2.41. The molecule has 2 aromatic rings. The number of aliphatic hydroxyl groups excluding tert-OH is 1. The minimum absolute atomic E-state index is 0.0412. The normalized spacial score (nSPS) is 29.7. The van der Waals surface area contributed by atoms with E-state index >= 15 is 0 Å². The molecule has 1 aliphatic heterocycles. The fourth-order valence-electron chi connectivity index (χ4n) is 6.46. The number of benzene rings is 2. The van der Waals surface area contributed by atoms with Crippen LogP contribution in [0.1, 0.15) is 105 Å². The number of epoxide rings is 1. The van der Waals surface area contributed by atoms with Crippen LogP contribution >= 0.6 is 0 Å². The molecule has 5 heteroatoms. The first kappa shape index (κ1) is 24.8. The highest BCUT2D eigenvalue weighted by atomic mass is 19.2. The van der Waals surface area contributed by atoms with Crippen LogP contribution in [0, 0.1) is 29.3 Å². The van der Waals surface area contributed by atoms with E-state index in [-0.39, 0.29) is 29.9 Å². The number of hydrogen-bond donors (Lipinski definition) is 1. The largest absolute Gasteiger partial charge is 0.393 e. The van der Waals surface area contributed by atoms with Gasteiger partial charge in [0.05, 0.1) is 12.7 Å². The van der Waals surface area contributed by atoms with Crippen molar-refractivity contribution in [1.29, 1.82) is 0 Å². The summed E-state index contributed by atoms with van der Waals surface area (Å²) in [5.41, 5.74) is 2.71. The van der Waals surface area contributed by atoms with Crippen molar-refractivity contribution in [2.45, 2.75) is 95.2 Å². The van der Waals surface area contributed by atoms with Crippen molar-refractivity contribution >= 4 is 0 Å². The molecule has 1 N–H and O–H groups in total. The first-order chi connectivity index (χ1) is 16.9. The van der Waals surface area contributed by atoms with E-state index in [1.807, 2.05) is 19.1 Å². The number of halogens is 3. The van der Waals surface area contributed by atoms with E-state index in [1.165, 1.54) is 0 Å². The number of aryl methyl sites for hydroxylation is 1. The lowest BCUT2D eigenvalue weighted by Crippen LogP contribution is -2.23. The third-order valence-electron chi connectivity index (χ3n) is 8.93. The number of ether oxygens (including phenoxy) is 1. The number of hydrogen-bond acceptors (Lipinski definition) is 2. The van der Waals surface area contributed by atoms with Crippen LogP contribution in [0.2, 0.25) is 0 Å². The second-order valence-electron chi connectivity index (χ2n) is 11.2. The molecule has 35 heavy (non-hydrogen) atoms. The summed E-state index contributed by atoms with van der Waals surface area (Å²) < 4.78 is 49.5. The standard InChI is InChI=1S/C30H37F3O2/c1-18(34)20-8-10-22(11-9-20)25-14-12-23(29(32)30(25)33)7-4-19-2-5-21(6-3-19)24-13-15-26(27(31)16-24)28-17-35-28/h12-16,18-22,28,34H,2-11,17H2,1H3. The summed E-state index contributed by atoms with van der Waals surface area (Å²) in [5, 5.41) is 9.80. The second-order valence-corrected chi connectivity index (χ2v) is 11.2. The molecule has 0 bridgehead atoms. The number of aliphatic hydroxyl groups is 1. The lowest BCUT2D eigenvalue weighted by molar-refractivity contribution is 0.0963. The molecule has 1 saturated heterocycles. The molecule has 2 nitrogen and oxygen atoms in total. The summed E-state index contributed by atoms with van der Waals surface area (Å²) in [6.45, 7) is 2.42. The molecule has 2 aliphatic carbocycles. The summed E-state index contributed by atoms with van der Waals surface area (Å²) in [7, 11) is 0. The molecular weight excluding hydrogens is 449 g/mol. The van der Waals surface area contributed by atoms with E-state index in [2.05, 4.69) is 0 Å². The SMILES string of the molecule is CC(O)C1CCC(c2ccc(CCC3CCC(c4ccc(C5CO5)c(F)c4)CC3)c(F)c2F)CC1. The Morgan fingerprint density at radius 1 is 0.857 bits per heavy atom. The third kappa shape index (κ3) is 5.61. The minimum atomic E-state index is -0.677. The Labute approximate surface area is 206 Å². The second kappa shape index (κ2) is 10.6. The van der Waals surface area contributed by atoms with Gasteiger partial charge in [0.1, 0.15) is 11.9 Å². The number of rotatable bonds is 7. The van der Waals surface area contributed by atoms with Crippen molar-refractivity contribution in [3.8, 4) is 0 Å². The van der Waals surface area contributed by atoms with Crippen molar-refractivity contribution in [3.63, 3.8) is 0 Å². The molecule has 0 aromatic heterocycles. The third-order valence-corrected chi connectivity index (χ3v) is 8.93. The van der Waals surface area contributed by atoms with Crippen LogP contribution < -0.4 is 0 Å². The van der Waals surface area contributed by atoms with Crippen LogP contribution in [0.4, 0.5) is 13.2 Å². The molecule has 0 spiro atoms. The molecule has 2 aromatic carbocycles. The highest BCUT2D eigenvalue weighted by Gasteiger charge is 2.30. The molecule has 3 fully saturated rings. The monoisotopic (exact) mass is 486 g/mol. The Morgan fingerprint density at radius 2 is 1.51 bits per heavy atom. The molecular formula is C30H37F3O2. The Morgan fingerprint density at radius 3 is 2.14 bits per heavy atom. The Hall–Kier alpha value is -1.85. The lowest BCUT2D eigenvalue weighted by Gasteiger charge is -2.31. The van der Waals surface area contributed by atoms with Gasteiger partial charge in [0.15, 0.2) is 11.6 Å². The van der Waals surface area contributed by atoms with E-state index in [0.717, 1.165) is 63.4 Å². The molecule has 2 unspecified atom stereocenters. The van der Waals surface area contributed by atoms with Crippen molar-refractivity contribution in [1.82, 2.24) is 0 Å². The summed E-state index contributed by atoms with van der Waals surface area (Å²) in [6, 6.07) is 9.17. The Balaban J connectivity index is 1.13. The predicted molar refractivity (Wildman–Crippen MR) is 131 cm³/mol. The molecule has 3 aliphatic rings. The summed E-state index contributed by atoms with van der Waals surface area (Å²) >= 11 is 0. The topological polar surface area (TPSA) is 32.8 Å². The first-order valence-electron chi connectivity index (χ1n) is 13.5. The minimum Gasteiger partial charge on any atom is -0.393 e. The molecule has 190 valence electrons. The Bertz CT molecular complexity index is 1020. The van der Waals surface area contributed by atoms with E-state index in [9.17, 15) is 18.3 Å². The molecule has 1 heterocycles. The van der Waals surface area contributed by atoms with Crippen LogP contribution in [0.25, 0.3) is 0 Å². The zero-order chi connectivity index (χ0) is 24.5. The van der Waals surface area contributed by atoms with Gasteiger partial charge in [-0.15, -0.1) is 0 Å². The molecule has 2 atom stereocenters. The van der Waals surface area contributed by atoms with Crippen molar-refractivity contribution in [2.75, 3.05) is 6.61 Å². The first-order valence-corrected chi connectivity index (χ1v) is 13.5. The van der Waals surface area contributed by atoms with E-state index in [1.54, 1.807) is 18.2 Å². The van der Waals surface area contributed by atoms with E-state index in [0.29, 0.717) is 41.6 Å². The van der Waals surface area contributed by atoms with E-state index < -0.39 is 11.6 Å². The predicted octanol–water partition coefficient (Wildman–Crippen LogP) is 7.74. The van der Waals surface area contributed by atoms with Gasteiger partial charge in [-0.25, -0.2) is 13.2 Å². The van der Waals surface area contributed by atoms with Gasteiger partial charge in [-0.05, 0) is 118 Å². The molecule has 0 radical (unpaired) electrons. The molecule has 2 saturated carbocycles. The van der Waals surface area contributed by atoms with Crippen LogP contribution in [-0.4, -0.2) is 17.8 Å². The van der Waals surface area contributed by atoms with Crippen molar-refractivity contribution in [2.24, 2.45) is 11.8 Å². The van der Waals surface area contributed by atoms with Gasteiger partial charge in [0.25, 0.3) is 0 Å². The van der Waals surface area contributed by atoms with Gasteiger partial charge in [0.2, 0.25) is 0 Å². The maximum absolute atomic E-state index is 15.0. The maximum Gasteiger partial charge on any atom is 0.162 e. The Kier molecular flexibility index (Phi) is 7.55. The van der Waals surface area contributed by atoms with Crippen molar-refractivity contribution < 1.29 is 23.0 Å². The van der Waals surface area contributed by atoms with Crippen molar-refractivity contribution in [3.05, 3.63) is 70.0 Å². The van der Waals surface area contributed by atoms with Gasteiger partial charge in [-0.1, -0.05) is 24.3 Å². The zero-order valence-corrected chi connectivity index (χ0v) is 20.6. The fraction of sp³-hybridized carbons (Fsp3) is 0.600. The zero-order valence-electron chi connectivity index (χ0n) is 20.6. The van der Waals surface area contributed by atoms with Gasteiger partial charge < -0.3 is 9.84 Å².